The Morgan fingerprint density at radius 2 is 1.39 bits per heavy atom. The van der Waals surface area contributed by atoms with Crippen molar-refractivity contribution >= 4 is 5.91 Å². The Kier molecular flexibility index (Phi) is 6.73. The Balaban J connectivity index is 2.53. The first-order valence-electron chi connectivity index (χ1n) is 7.79. The molecular weight excluding hydrogens is 222 g/mol. The molecule has 0 aliphatic carbocycles. The van der Waals surface area contributed by atoms with Crippen LogP contribution >= 0.6 is 0 Å². The first-order chi connectivity index (χ1) is 8.52. The first-order valence-corrected chi connectivity index (χ1v) is 7.79. The predicted octanol–water partition coefficient (Wildman–Crippen LogP) is 4.29. The molecule has 18 heavy (non-hydrogen) atoms. The van der Waals surface area contributed by atoms with E-state index in [0.717, 1.165) is 19.4 Å². The van der Waals surface area contributed by atoms with Gasteiger partial charge in [-0.05, 0) is 18.3 Å². The molecule has 0 radical (unpaired) electrons. The van der Waals surface area contributed by atoms with Crippen LogP contribution in [0.15, 0.2) is 0 Å². The molecule has 1 rings (SSSR count). The highest BCUT2D eigenvalue weighted by Crippen LogP contribution is 2.31. The van der Waals surface area contributed by atoms with Crippen molar-refractivity contribution in [2.75, 3.05) is 6.54 Å². The number of nitrogens with one attached hydrogen (secondary N) is 1. The van der Waals surface area contributed by atoms with Crippen molar-refractivity contribution < 1.29 is 4.79 Å². The molecule has 2 heteroatoms. The van der Waals surface area contributed by atoms with Crippen LogP contribution in [0.25, 0.3) is 0 Å². The molecule has 0 spiro atoms. The van der Waals surface area contributed by atoms with E-state index in [1.807, 2.05) is 0 Å². The van der Waals surface area contributed by atoms with Gasteiger partial charge in [0.15, 0.2) is 0 Å². The summed E-state index contributed by atoms with van der Waals surface area (Å²) in [5, 5.41) is 3.14. The van der Waals surface area contributed by atoms with Crippen molar-refractivity contribution in [1.82, 2.24) is 5.32 Å². The molecule has 1 atom stereocenters. The second-order valence-electron chi connectivity index (χ2n) is 6.83. The van der Waals surface area contributed by atoms with Gasteiger partial charge in [0.25, 0.3) is 0 Å². The Hall–Kier alpha value is -0.530. The average Bonchev–Trinajstić information content (AvgIpc) is 2.29. The van der Waals surface area contributed by atoms with Crippen molar-refractivity contribution in [2.24, 2.45) is 11.3 Å². The van der Waals surface area contributed by atoms with E-state index >= 15 is 0 Å². The molecule has 0 saturated carbocycles. The van der Waals surface area contributed by atoms with Crippen LogP contribution in [0, 0.1) is 11.3 Å². The molecule has 1 N–H and O–H groups in total. The number of carbonyl (C=O) groups is 1. The van der Waals surface area contributed by atoms with E-state index in [1.165, 1.54) is 44.9 Å². The summed E-state index contributed by atoms with van der Waals surface area (Å²) in [4.78, 5) is 12.3. The predicted molar refractivity (Wildman–Crippen MR) is 77.5 cm³/mol. The highest BCUT2D eigenvalue weighted by atomic mass is 16.1. The number of rotatable bonds is 0. The lowest BCUT2D eigenvalue weighted by Crippen LogP contribution is -2.38. The van der Waals surface area contributed by atoms with Crippen molar-refractivity contribution in [2.45, 2.75) is 78.6 Å². The third kappa shape index (κ3) is 5.88. The van der Waals surface area contributed by atoms with Crippen LogP contribution in [-0.4, -0.2) is 12.5 Å². The Bertz CT molecular complexity index is 242. The quantitative estimate of drug-likeness (QED) is 0.685. The number of hydrogen-bond donors (Lipinski definition) is 1. The van der Waals surface area contributed by atoms with Gasteiger partial charge in [-0.3, -0.25) is 4.79 Å². The third-order valence-electron chi connectivity index (χ3n) is 4.08. The van der Waals surface area contributed by atoms with Gasteiger partial charge in [-0.1, -0.05) is 65.7 Å². The second kappa shape index (κ2) is 7.81. The minimum Gasteiger partial charge on any atom is -0.356 e. The van der Waals surface area contributed by atoms with Crippen molar-refractivity contribution in [3.63, 3.8) is 0 Å². The van der Waals surface area contributed by atoms with E-state index in [9.17, 15) is 4.79 Å². The summed E-state index contributed by atoms with van der Waals surface area (Å²) in [5.41, 5.74) is 0.0876. The van der Waals surface area contributed by atoms with Gasteiger partial charge in [0.1, 0.15) is 0 Å². The fraction of sp³-hybridized carbons (Fsp3) is 0.938. The van der Waals surface area contributed by atoms with Gasteiger partial charge in [0.2, 0.25) is 5.91 Å². The van der Waals surface area contributed by atoms with Crippen LogP contribution in [0.2, 0.25) is 0 Å². The van der Waals surface area contributed by atoms with Gasteiger partial charge in [0, 0.05) is 12.5 Å². The van der Waals surface area contributed by atoms with Crippen LogP contribution in [0.4, 0.5) is 0 Å². The highest BCUT2D eigenvalue weighted by molar-refractivity contribution is 5.79. The Morgan fingerprint density at radius 3 is 1.94 bits per heavy atom. The standard InChI is InChI=1S/C16H31NO/c1-16(2,3)14-12-10-8-6-4-5-7-9-11-13-17-15(14)18/h14H,4-13H2,1-3H3,(H,17,18). The summed E-state index contributed by atoms with van der Waals surface area (Å²) in [5.74, 6) is 0.458. The van der Waals surface area contributed by atoms with E-state index in [4.69, 9.17) is 0 Å². The van der Waals surface area contributed by atoms with Crippen LogP contribution in [0.1, 0.15) is 78.6 Å². The van der Waals surface area contributed by atoms with Crippen molar-refractivity contribution in [3.8, 4) is 0 Å². The molecule has 0 bridgehead atoms. The van der Waals surface area contributed by atoms with Crippen LogP contribution in [-0.2, 0) is 4.79 Å². The molecule has 1 unspecified atom stereocenters. The van der Waals surface area contributed by atoms with E-state index < -0.39 is 0 Å². The summed E-state index contributed by atoms with van der Waals surface area (Å²) in [6.07, 6.45) is 11.4. The van der Waals surface area contributed by atoms with E-state index in [0.29, 0.717) is 0 Å². The van der Waals surface area contributed by atoms with Gasteiger partial charge in [-0.15, -0.1) is 0 Å². The zero-order valence-electron chi connectivity index (χ0n) is 12.6. The molecule has 1 aliphatic rings. The lowest BCUT2D eigenvalue weighted by atomic mass is 9.77. The SMILES string of the molecule is CC(C)(C)C1CCCCCCCCCCNC1=O. The average molecular weight is 253 g/mol. The van der Waals surface area contributed by atoms with E-state index in [-0.39, 0.29) is 17.2 Å². The van der Waals surface area contributed by atoms with Crippen LogP contribution in [0.5, 0.6) is 0 Å². The Labute approximate surface area is 113 Å². The van der Waals surface area contributed by atoms with Gasteiger partial charge in [0.05, 0.1) is 0 Å². The molecule has 1 amide bonds. The summed E-state index contributed by atoms with van der Waals surface area (Å²) >= 11 is 0. The smallest absolute Gasteiger partial charge is 0.223 e. The summed E-state index contributed by atoms with van der Waals surface area (Å²) in [7, 11) is 0. The van der Waals surface area contributed by atoms with E-state index in [1.54, 1.807) is 0 Å². The lowest BCUT2D eigenvalue weighted by Gasteiger charge is -2.29. The minimum absolute atomic E-state index is 0.0876. The normalized spacial score (nSPS) is 25.5. The van der Waals surface area contributed by atoms with Crippen LogP contribution < -0.4 is 5.32 Å². The summed E-state index contributed by atoms with van der Waals surface area (Å²) in [6, 6.07) is 0. The molecule has 1 saturated heterocycles. The molecule has 106 valence electrons. The van der Waals surface area contributed by atoms with Gasteiger partial charge >= 0.3 is 0 Å². The summed E-state index contributed by atoms with van der Waals surface area (Å²) in [6.45, 7) is 7.44. The lowest BCUT2D eigenvalue weighted by molar-refractivity contribution is -0.128. The maximum Gasteiger partial charge on any atom is 0.223 e. The number of amides is 1. The number of hydrogen-bond acceptors (Lipinski definition) is 1. The summed E-state index contributed by atoms with van der Waals surface area (Å²) < 4.78 is 0. The largest absolute Gasteiger partial charge is 0.356 e. The van der Waals surface area contributed by atoms with Crippen molar-refractivity contribution in [3.05, 3.63) is 0 Å². The maximum atomic E-state index is 12.3. The first kappa shape index (κ1) is 15.5. The second-order valence-corrected chi connectivity index (χ2v) is 6.83. The van der Waals surface area contributed by atoms with Gasteiger partial charge in [-0.25, -0.2) is 0 Å². The van der Waals surface area contributed by atoms with Gasteiger partial charge in [-0.2, -0.15) is 0 Å². The fourth-order valence-electron chi connectivity index (χ4n) is 2.83. The Morgan fingerprint density at radius 1 is 0.889 bits per heavy atom. The minimum atomic E-state index is 0.0876. The topological polar surface area (TPSA) is 29.1 Å². The molecule has 2 nitrogen and oxygen atoms in total. The molecular formula is C16H31NO. The third-order valence-corrected chi connectivity index (χ3v) is 4.08. The molecule has 1 fully saturated rings. The maximum absolute atomic E-state index is 12.3. The monoisotopic (exact) mass is 253 g/mol. The molecule has 0 aromatic rings. The molecule has 1 heterocycles. The fourth-order valence-corrected chi connectivity index (χ4v) is 2.83. The van der Waals surface area contributed by atoms with E-state index in [2.05, 4.69) is 26.1 Å². The zero-order chi connectivity index (χ0) is 13.4. The molecule has 0 aromatic heterocycles. The zero-order valence-corrected chi connectivity index (χ0v) is 12.6. The molecule has 1 aliphatic heterocycles. The van der Waals surface area contributed by atoms with Crippen LogP contribution in [0.3, 0.4) is 0 Å². The van der Waals surface area contributed by atoms with Gasteiger partial charge < -0.3 is 5.32 Å². The highest BCUT2D eigenvalue weighted by Gasteiger charge is 2.30. The molecule has 0 aromatic carbocycles. The number of carbonyl (C=O) groups excluding carboxylic acids is 1. The van der Waals surface area contributed by atoms with Crippen molar-refractivity contribution in [1.29, 1.82) is 0 Å².